The van der Waals surface area contributed by atoms with Crippen molar-refractivity contribution in [2.75, 3.05) is 0 Å². The van der Waals surface area contributed by atoms with E-state index in [1.165, 1.54) is 21.5 Å². The van der Waals surface area contributed by atoms with Crippen molar-refractivity contribution in [1.82, 2.24) is 15.0 Å². The molecule has 2 atom stereocenters. The van der Waals surface area contributed by atoms with Crippen LogP contribution in [0.5, 0.6) is 0 Å². The minimum atomic E-state index is 0.0241. The van der Waals surface area contributed by atoms with Crippen LogP contribution in [0.4, 0.5) is 0 Å². The fourth-order valence-electron chi connectivity index (χ4n) is 8.26. The zero-order chi connectivity index (χ0) is 34.9. The van der Waals surface area contributed by atoms with Crippen LogP contribution in [0.1, 0.15) is 11.4 Å². The number of aromatic nitrogens is 3. The molecular weight excluding hydrogens is 647 g/mol. The van der Waals surface area contributed by atoms with E-state index in [4.69, 9.17) is 19.4 Å². The maximum absolute atomic E-state index is 6.92. The Bertz CT molecular complexity index is 3000. The monoisotopic (exact) mass is 677 g/mol. The Morgan fingerprint density at radius 1 is 0.509 bits per heavy atom. The largest absolute Gasteiger partial charge is 0.455 e. The number of fused-ring (bicyclic) bond motifs is 9. The lowest BCUT2D eigenvalue weighted by atomic mass is 9.76. The number of allylic oxidation sites excluding steroid dienone is 8. The highest BCUT2D eigenvalue weighted by Gasteiger charge is 2.30. The van der Waals surface area contributed by atoms with Crippen LogP contribution in [0.2, 0.25) is 0 Å². The van der Waals surface area contributed by atoms with Crippen LogP contribution in [-0.4, -0.2) is 15.0 Å². The van der Waals surface area contributed by atoms with Crippen LogP contribution in [-0.2, 0) is 0 Å². The van der Waals surface area contributed by atoms with E-state index in [9.17, 15) is 0 Å². The molecule has 0 fully saturated rings. The molecule has 0 saturated carbocycles. The molecule has 53 heavy (non-hydrogen) atoms. The lowest BCUT2D eigenvalue weighted by molar-refractivity contribution is 0.672. The highest BCUT2D eigenvalue weighted by Crippen LogP contribution is 2.46. The first-order valence-electron chi connectivity index (χ1n) is 18.1. The maximum atomic E-state index is 6.92. The summed E-state index contributed by atoms with van der Waals surface area (Å²) in [4.78, 5) is 15.2. The molecule has 0 amide bonds. The molecule has 4 nitrogen and oxygen atoms in total. The highest BCUT2D eigenvalue weighted by atomic mass is 16.3. The number of hydrogen-bond donors (Lipinski definition) is 0. The minimum Gasteiger partial charge on any atom is -0.455 e. The van der Waals surface area contributed by atoms with Gasteiger partial charge >= 0.3 is 0 Å². The first-order valence-corrected chi connectivity index (χ1v) is 18.1. The van der Waals surface area contributed by atoms with Gasteiger partial charge in [0.25, 0.3) is 0 Å². The third kappa shape index (κ3) is 4.87. The van der Waals surface area contributed by atoms with Crippen LogP contribution in [0, 0.1) is 11.8 Å². The first-order chi connectivity index (χ1) is 26.2. The van der Waals surface area contributed by atoms with Gasteiger partial charge in [0.05, 0.1) is 0 Å². The summed E-state index contributed by atoms with van der Waals surface area (Å²) in [7, 11) is 0. The number of furan rings is 1. The van der Waals surface area contributed by atoms with E-state index in [2.05, 4.69) is 140 Å². The Balaban J connectivity index is 1.13. The average molecular weight is 678 g/mol. The molecule has 0 spiro atoms. The number of benzene rings is 7. The molecule has 0 N–H and O–H groups in total. The summed E-state index contributed by atoms with van der Waals surface area (Å²) in [6.07, 6.45) is 13.6. The van der Waals surface area contributed by atoms with Gasteiger partial charge < -0.3 is 4.42 Å². The van der Waals surface area contributed by atoms with Crippen molar-refractivity contribution < 1.29 is 4.42 Å². The third-order valence-electron chi connectivity index (χ3n) is 10.8. The molecule has 0 radical (unpaired) electrons. The van der Waals surface area contributed by atoms with Gasteiger partial charge in [0, 0.05) is 44.7 Å². The normalized spacial score (nSPS) is 16.8. The molecule has 0 saturated heterocycles. The van der Waals surface area contributed by atoms with Gasteiger partial charge in [-0.05, 0) is 56.3 Å². The van der Waals surface area contributed by atoms with E-state index in [0.29, 0.717) is 17.5 Å². The van der Waals surface area contributed by atoms with Crippen molar-refractivity contribution in [1.29, 1.82) is 0 Å². The summed E-state index contributed by atoms with van der Waals surface area (Å²) < 4.78 is 6.92. The van der Waals surface area contributed by atoms with E-state index in [1.807, 2.05) is 36.4 Å². The van der Waals surface area contributed by atoms with Crippen molar-refractivity contribution >= 4 is 65.4 Å². The quantitative estimate of drug-likeness (QED) is 0.174. The lowest BCUT2D eigenvalue weighted by Gasteiger charge is -2.28. The van der Waals surface area contributed by atoms with Crippen LogP contribution < -0.4 is 0 Å². The van der Waals surface area contributed by atoms with Crippen LogP contribution in [0.3, 0.4) is 0 Å². The topological polar surface area (TPSA) is 51.8 Å². The molecule has 2 unspecified atom stereocenters. The Labute approximate surface area is 305 Å². The number of rotatable bonds is 4. The number of nitrogens with zero attached hydrogens (tertiary/aromatic N) is 3. The van der Waals surface area contributed by atoms with Crippen molar-refractivity contribution in [3.63, 3.8) is 0 Å². The molecule has 2 aliphatic rings. The van der Waals surface area contributed by atoms with Gasteiger partial charge in [0.1, 0.15) is 11.2 Å². The summed E-state index contributed by atoms with van der Waals surface area (Å²) in [6.45, 7) is 0. The van der Waals surface area contributed by atoms with Gasteiger partial charge in [0.2, 0.25) is 0 Å². The second-order valence-corrected chi connectivity index (χ2v) is 13.9. The summed E-state index contributed by atoms with van der Waals surface area (Å²) in [5.74, 6) is 2.21. The molecule has 9 aromatic rings. The Morgan fingerprint density at radius 3 is 1.91 bits per heavy atom. The fraction of sp³-hybridized carbons (Fsp3) is 0.0408. The molecule has 11 rings (SSSR count). The van der Waals surface area contributed by atoms with Gasteiger partial charge in [-0.1, -0.05) is 158 Å². The standard InChI is InChI=1S/C49H31N3O/c1-3-13-32(14-4-1)47-50-48(33-15-5-2-6-16-33)52-49(51-47)39-21-11-19-31-22-24-36(27-40(31)39)41-28-37-25-23-30-12-9-10-20-38(30)44(37)46-45(41)42-26-34-17-7-8-18-35(34)29-43(42)53-46/h1-29,31,40H. The predicted octanol–water partition coefficient (Wildman–Crippen LogP) is 12.4. The van der Waals surface area contributed by atoms with E-state index in [1.54, 1.807) is 0 Å². The summed E-state index contributed by atoms with van der Waals surface area (Å²) in [5.41, 5.74) is 7.13. The smallest absolute Gasteiger partial charge is 0.164 e. The maximum Gasteiger partial charge on any atom is 0.164 e. The first kappa shape index (κ1) is 29.8. The number of hydrogen-bond acceptors (Lipinski definition) is 4. The highest BCUT2D eigenvalue weighted by molar-refractivity contribution is 6.26. The van der Waals surface area contributed by atoms with Gasteiger partial charge in [-0.15, -0.1) is 0 Å². The molecule has 2 aromatic heterocycles. The van der Waals surface area contributed by atoms with Crippen molar-refractivity contribution in [2.45, 2.75) is 0 Å². The zero-order valence-corrected chi connectivity index (χ0v) is 28.6. The average Bonchev–Trinajstić information content (AvgIpc) is 3.60. The van der Waals surface area contributed by atoms with Crippen LogP contribution in [0.25, 0.3) is 88.2 Å². The molecule has 0 bridgehead atoms. The second-order valence-electron chi connectivity index (χ2n) is 13.9. The van der Waals surface area contributed by atoms with Gasteiger partial charge in [-0.2, -0.15) is 0 Å². The van der Waals surface area contributed by atoms with Crippen LogP contribution in [0.15, 0.2) is 180 Å². The molecule has 2 aliphatic carbocycles. The molecule has 248 valence electrons. The van der Waals surface area contributed by atoms with Gasteiger partial charge in [0.15, 0.2) is 17.5 Å². The van der Waals surface area contributed by atoms with E-state index in [0.717, 1.165) is 60.5 Å². The molecular formula is C49H31N3O. The van der Waals surface area contributed by atoms with Gasteiger partial charge in [-0.25, -0.2) is 15.0 Å². The second kappa shape index (κ2) is 11.8. The zero-order valence-electron chi connectivity index (χ0n) is 28.6. The molecule has 4 heteroatoms. The Morgan fingerprint density at radius 2 is 1.15 bits per heavy atom. The lowest BCUT2D eigenvalue weighted by Crippen LogP contribution is -2.18. The van der Waals surface area contributed by atoms with E-state index >= 15 is 0 Å². The fourth-order valence-corrected chi connectivity index (χ4v) is 8.26. The third-order valence-corrected chi connectivity index (χ3v) is 10.8. The Kier molecular flexibility index (Phi) is 6.65. The van der Waals surface area contributed by atoms with E-state index < -0.39 is 0 Å². The van der Waals surface area contributed by atoms with Crippen molar-refractivity contribution in [3.05, 3.63) is 187 Å². The predicted molar refractivity (Wildman–Crippen MR) is 218 cm³/mol. The van der Waals surface area contributed by atoms with Gasteiger partial charge in [-0.3, -0.25) is 0 Å². The molecule has 2 heterocycles. The summed E-state index contributed by atoms with van der Waals surface area (Å²) >= 11 is 0. The minimum absolute atomic E-state index is 0.0241. The summed E-state index contributed by atoms with van der Waals surface area (Å²) in [6, 6.07) is 48.8. The SMILES string of the molecule is C1=CC2C=CC(c3cc4ccc5ccccc5c4c4oc5cc6ccccc6cc5c34)=CC2C(c2nc(-c3ccccc3)nc(-c3ccccc3)n2)=C1. The molecule has 7 aromatic carbocycles. The van der Waals surface area contributed by atoms with Crippen molar-refractivity contribution in [2.24, 2.45) is 11.8 Å². The molecule has 0 aliphatic heterocycles. The Hall–Kier alpha value is -6.91. The van der Waals surface area contributed by atoms with Crippen LogP contribution >= 0.6 is 0 Å². The van der Waals surface area contributed by atoms with Crippen molar-refractivity contribution in [3.8, 4) is 22.8 Å². The van der Waals surface area contributed by atoms with E-state index in [-0.39, 0.29) is 11.8 Å². The summed E-state index contributed by atoms with van der Waals surface area (Å²) in [5, 5.41) is 9.32.